The van der Waals surface area contributed by atoms with Crippen LogP contribution in [-0.2, 0) is 16.1 Å². The molecule has 7 nitrogen and oxygen atoms in total. The summed E-state index contributed by atoms with van der Waals surface area (Å²) in [7, 11) is 1.48. The van der Waals surface area contributed by atoms with Crippen molar-refractivity contribution in [1.29, 1.82) is 5.26 Å². The van der Waals surface area contributed by atoms with Gasteiger partial charge in [-0.3, -0.25) is 19.4 Å². The molecule has 0 aliphatic rings. The number of amides is 2. The first-order chi connectivity index (χ1) is 16.1. The van der Waals surface area contributed by atoms with Crippen molar-refractivity contribution in [2.45, 2.75) is 55.0 Å². The van der Waals surface area contributed by atoms with Crippen LogP contribution in [-0.4, -0.2) is 35.0 Å². The van der Waals surface area contributed by atoms with Gasteiger partial charge in [0.2, 0.25) is 18.1 Å². The van der Waals surface area contributed by atoms with E-state index < -0.39 is 11.7 Å². The molecular weight excluding hydrogens is 428 g/mol. The lowest BCUT2D eigenvalue weighted by Gasteiger charge is -2.25. The Hall–Kier alpha value is -3.79. The van der Waals surface area contributed by atoms with Gasteiger partial charge in [-0.2, -0.15) is 5.26 Å². The van der Waals surface area contributed by atoms with Gasteiger partial charge in [-0.1, -0.05) is 27.7 Å². The maximum absolute atomic E-state index is 13.7. The minimum absolute atomic E-state index is 0.00374. The van der Waals surface area contributed by atoms with Crippen LogP contribution in [0, 0.1) is 38.0 Å². The number of hydrogen-bond donors (Lipinski definition) is 1. The van der Waals surface area contributed by atoms with Gasteiger partial charge < -0.3 is 10.2 Å². The monoisotopic (exact) mass is 462 g/mol. The number of likely N-dealkylation sites (N-methyl/N-ethyl adjacent to an activating group) is 1. The number of aryl methyl sites for hydroxylation is 3. The number of nitrogens with zero attached hydrogens (tertiary/aromatic N) is 3. The Morgan fingerprint density at radius 3 is 2.15 bits per heavy atom. The summed E-state index contributed by atoms with van der Waals surface area (Å²) >= 11 is 0. The summed E-state index contributed by atoms with van der Waals surface area (Å²) in [5.74, 6) is -1.27. The predicted molar refractivity (Wildman–Crippen MR) is 133 cm³/mol. The highest BCUT2D eigenvalue weighted by Crippen LogP contribution is 2.25. The number of Topliss-reactive ketones (excluding diaryl/α,β-unsaturated/α-hetero) is 1. The van der Waals surface area contributed by atoms with Gasteiger partial charge in [0, 0.05) is 29.6 Å². The van der Waals surface area contributed by atoms with Crippen molar-refractivity contribution in [2.24, 2.45) is 5.92 Å². The number of benzene rings is 1. The second kappa shape index (κ2) is 13.0. The fraction of sp³-hybridized carbons (Fsp3) is 0.370. The van der Waals surface area contributed by atoms with Gasteiger partial charge in [-0.25, -0.2) is 0 Å². The van der Waals surface area contributed by atoms with Crippen molar-refractivity contribution in [3.05, 3.63) is 75.2 Å². The second-order valence-electron chi connectivity index (χ2n) is 8.02. The largest absolute Gasteiger partial charge is 0.355 e. The van der Waals surface area contributed by atoms with E-state index >= 15 is 0 Å². The number of nitrogens with one attached hydrogen (secondary N) is 1. The highest BCUT2D eigenvalue weighted by Gasteiger charge is 2.29. The molecule has 0 bridgehead atoms. The summed E-state index contributed by atoms with van der Waals surface area (Å²) < 4.78 is 0. The standard InChI is InChI=1S/C25H28N4O3.C2H6/c1-15(2)22(25(32)27-6)23(24(31)21-8-16(3)7-19(11-21)12-26)29(14-30)13-20-9-17(4)28-18(5)10-20;1-2/h7-11,14-15H,13H2,1-6H3,(H,27,32);1-2H3/b23-22-;. The van der Waals surface area contributed by atoms with E-state index in [1.807, 2.05) is 45.9 Å². The zero-order valence-electron chi connectivity index (χ0n) is 21.3. The first-order valence-electron chi connectivity index (χ1n) is 11.3. The van der Waals surface area contributed by atoms with Crippen LogP contribution >= 0.6 is 0 Å². The number of ketones is 1. The summed E-state index contributed by atoms with van der Waals surface area (Å²) in [6.45, 7) is 13.2. The van der Waals surface area contributed by atoms with E-state index in [2.05, 4.69) is 10.3 Å². The maximum atomic E-state index is 13.7. The van der Waals surface area contributed by atoms with Crippen LogP contribution in [0.1, 0.15) is 66.1 Å². The van der Waals surface area contributed by atoms with Crippen LogP contribution in [0.25, 0.3) is 0 Å². The van der Waals surface area contributed by atoms with Crippen LogP contribution in [0.2, 0.25) is 0 Å². The van der Waals surface area contributed by atoms with Crippen LogP contribution in [0.3, 0.4) is 0 Å². The van der Waals surface area contributed by atoms with Gasteiger partial charge in [0.1, 0.15) is 5.70 Å². The molecule has 1 N–H and O–H groups in total. The zero-order chi connectivity index (χ0) is 26.0. The number of hydrogen-bond acceptors (Lipinski definition) is 5. The molecule has 1 aromatic carbocycles. The van der Waals surface area contributed by atoms with Crippen LogP contribution in [0.15, 0.2) is 41.6 Å². The molecular formula is C27H34N4O3. The van der Waals surface area contributed by atoms with E-state index in [9.17, 15) is 19.6 Å². The Morgan fingerprint density at radius 2 is 1.68 bits per heavy atom. The van der Waals surface area contributed by atoms with E-state index in [0.29, 0.717) is 12.0 Å². The molecule has 2 rings (SSSR count). The van der Waals surface area contributed by atoms with Gasteiger partial charge in [0.15, 0.2) is 0 Å². The molecule has 7 heteroatoms. The van der Waals surface area contributed by atoms with E-state index in [-0.39, 0.29) is 29.3 Å². The Bertz CT molecular complexity index is 1110. The SMILES string of the molecule is CC.CNC(=O)/C(=C(/C(=O)c1cc(C)cc(C#N)c1)N(C=O)Cc1cc(C)nc(C)c1)C(C)C. The van der Waals surface area contributed by atoms with Crippen molar-refractivity contribution >= 4 is 18.1 Å². The lowest BCUT2D eigenvalue weighted by molar-refractivity contribution is -0.118. The van der Waals surface area contributed by atoms with Crippen LogP contribution < -0.4 is 5.32 Å². The fourth-order valence-corrected chi connectivity index (χ4v) is 3.68. The third-order valence-corrected chi connectivity index (χ3v) is 4.90. The number of carbonyl (C=O) groups excluding carboxylic acids is 3. The van der Waals surface area contributed by atoms with Gasteiger partial charge in [-0.05, 0) is 68.1 Å². The van der Waals surface area contributed by atoms with Gasteiger partial charge in [-0.15, -0.1) is 0 Å². The Kier molecular flexibility index (Phi) is 10.8. The topological polar surface area (TPSA) is 103 Å². The van der Waals surface area contributed by atoms with Crippen molar-refractivity contribution in [1.82, 2.24) is 15.2 Å². The van der Waals surface area contributed by atoms with Crippen molar-refractivity contribution < 1.29 is 14.4 Å². The molecule has 1 heterocycles. The smallest absolute Gasteiger partial charge is 0.249 e. The summed E-state index contributed by atoms with van der Waals surface area (Å²) in [4.78, 5) is 44.3. The Labute approximate surface area is 202 Å². The summed E-state index contributed by atoms with van der Waals surface area (Å²) in [5.41, 5.74) is 3.86. The zero-order valence-corrected chi connectivity index (χ0v) is 21.3. The minimum Gasteiger partial charge on any atom is -0.355 e. The predicted octanol–water partition coefficient (Wildman–Crippen LogP) is 4.40. The number of carbonyl (C=O) groups is 3. The highest BCUT2D eigenvalue weighted by molar-refractivity contribution is 6.14. The molecule has 0 saturated heterocycles. The molecule has 0 fully saturated rings. The fourth-order valence-electron chi connectivity index (χ4n) is 3.68. The quantitative estimate of drug-likeness (QED) is 0.356. The van der Waals surface area contributed by atoms with Gasteiger partial charge in [0.25, 0.3) is 0 Å². The van der Waals surface area contributed by atoms with Crippen LogP contribution in [0.5, 0.6) is 0 Å². The molecule has 0 saturated carbocycles. The molecule has 1 aromatic heterocycles. The average Bonchev–Trinajstić information content (AvgIpc) is 2.80. The average molecular weight is 463 g/mol. The summed E-state index contributed by atoms with van der Waals surface area (Å²) in [6.07, 6.45) is 0.560. The van der Waals surface area contributed by atoms with E-state index in [0.717, 1.165) is 22.5 Å². The molecule has 0 spiro atoms. The number of allylic oxidation sites excluding steroid dienone is 1. The van der Waals surface area contributed by atoms with E-state index in [1.165, 1.54) is 18.0 Å². The number of pyridine rings is 1. The number of nitriles is 1. The maximum Gasteiger partial charge on any atom is 0.249 e. The Morgan fingerprint density at radius 1 is 1.09 bits per heavy atom. The molecule has 34 heavy (non-hydrogen) atoms. The molecule has 2 amide bonds. The molecule has 0 aliphatic heterocycles. The minimum atomic E-state index is -0.493. The lowest BCUT2D eigenvalue weighted by atomic mass is 9.93. The highest BCUT2D eigenvalue weighted by atomic mass is 16.2. The molecule has 0 atom stereocenters. The van der Waals surface area contributed by atoms with E-state index in [1.54, 1.807) is 32.9 Å². The second-order valence-corrected chi connectivity index (χ2v) is 8.02. The normalized spacial score (nSPS) is 10.9. The third kappa shape index (κ3) is 7.11. The van der Waals surface area contributed by atoms with Gasteiger partial charge in [0.05, 0.1) is 18.2 Å². The first kappa shape index (κ1) is 28.2. The molecule has 180 valence electrons. The summed E-state index contributed by atoms with van der Waals surface area (Å²) in [6, 6.07) is 10.5. The third-order valence-electron chi connectivity index (χ3n) is 4.90. The lowest BCUT2D eigenvalue weighted by Crippen LogP contribution is -2.34. The van der Waals surface area contributed by atoms with Gasteiger partial charge >= 0.3 is 0 Å². The van der Waals surface area contributed by atoms with Crippen molar-refractivity contribution in [3.63, 3.8) is 0 Å². The number of rotatable bonds is 8. The molecule has 0 unspecified atom stereocenters. The number of aromatic nitrogens is 1. The molecule has 0 radical (unpaired) electrons. The molecule has 0 aliphatic carbocycles. The van der Waals surface area contributed by atoms with Crippen molar-refractivity contribution in [3.8, 4) is 6.07 Å². The Balaban J connectivity index is 0.00000281. The van der Waals surface area contributed by atoms with Crippen LogP contribution in [0.4, 0.5) is 0 Å². The first-order valence-corrected chi connectivity index (χ1v) is 11.3. The van der Waals surface area contributed by atoms with Crippen molar-refractivity contribution in [2.75, 3.05) is 7.05 Å². The van der Waals surface area contributed by atoms with E-state index in [4.69, 9.17) is 0 Å². The summed E-state index contributed by atoms with van der Waals surface area (Å²) in [5, 5.41) is 11.9. The molecule has 2 aromatic rings.